The summed E-state index contributed by atoms with van der Waals surface area (Å²) in [6, 6.07) is 6.34. The molecule has 0 unspecified atom stereocenters. The summed E-state index contributed by atoms with van der Waals surface area (Å²) in [5.41, 5.74) is 4.34. The predicted octanol–water partition coefficient (Wildman–Crippen LogP) is 3.67. The molecule has 1 saturated heterocycles. The molecule has 0 bridgehead atoms. The SMILES string of the molecule is CCOC(=O)[C@@]1(CCOC)CCCN(Cc2c(C)cc(C)cc2-n2cccn2)C1. The summed E-state index contributed by atoms with van der Waals surface area (Å²) >= 11 is 0. The summed E-state index contributed by atoms with van der Waals surface area (Å²) in [4.78, 5) is 15.3. The highest BCUT2D eigenvalue weighted by molar-refractivity contribution is 5.77. The van der Waals surface area contributed by atoms with E-state index in [4.69, 9.17) is 9.47 Å². The normalized spacial score (nSPS) is 20.0. The molecule has 1 aromatic carbocycles. The van der Waals surface area contributed by atoms with Crippen molar-refractivity contribution in [3.8, 4) is 5.69 Å². The minimum absolute atomic E-state index is 0.0883. The first-order valence-corrected chi connectivity index (χ1v) is 10.5. The van der Waals surface area contributed by atoms with Gasteiger partial charge in [0, 0.05) is 39.2 Å². The Labute approximate surface area is 173 Å². The number of aryl methyl sites for hydroxylation is 2. The van der Waals surface area contributed by atoms with Gasteiger partial charge in [0.05, 0.1) is 17.7 Å². The molecule has 1 aliphatic rings. The second-order valence-corrected chi connectivity index (χ2v) is 8.09. The van der Waals surface area contributed by atoms with Gasteiger partial charge in [-0.2, -0.15) is 5.10 Å². The minimum Gasteiger partial charge on any atom is -0.466 e. The number of hydrogen-bond acceptors (Lipinski definition) is 5. The lowest BCUT2D eigenvalue weighted by molar-refractivity contribution is -0.160. The molecule has 0 radical (unpaired) electrons. The first-order chi connectivity index (χ1) is 14.0. The van der Waals surface area contributed by atoms with E-state index in [1.807, 2.05) is 23.9 Å². The van der Waals surface area contributed by atoms with Crippen LogP contribution in [0.4, 0.5) is 0 Å². The van der Waals surface area contributed by atoms with Gasteiger partial charge < -0.3 is 9.47 Å². The maximum atomic E-state index is 12.9. The van der Waals surface area contributed by atoms with Crippen LogP contribution in [0.15, 0.2) is 30.6 Å². The summed E-state index contributed by atoms with van der Waals surface area (Å²) in [7, 11) is 1.69. The van der Waals surface area contributed by atoms with Crippen LogP contribution in [0.5, 0.6) is 0 Å². The molecule has 1 aliphatic heterocycles. The first-order valence-electron chi connectivity index (χ1n) is 10.5. The van der Waals surface area contributed by atoms with E-state index >= 15 is 0 Å². The van der Waals surface area contributed by atoms with Crippen molar-refractivity contribution in [1.82, 2.24) is 14.7 Å². The molecule has 1 atom stereocenters. The van der Waals surface area contributed by atoms with Gasteiger partial charge in [0.2, 0.25) is 0 Å². The monoisotopic (exact) mass is 399 g/mol. The molecule has 2 aromatic rings. The van der Waals surface area contributed by atoms with E-state index in [0.29, 0.717) is 26.2 Å². The van der Waals surface area contributed by atoms with Gasteiger partial charge in [-0.3, -0.25) is 9.69 Å². The summed E-state index contributed by atoms with van der Waals surface area (Å²) in [6.07, 6.45) is 6.31. The molecule has 3 rings (SSSR count). The fraction of sp³-hybridized carbons (Fsp3) is 0.565. The summed E-state index contributed by atoms with van der Waals surface area (Å²) in [6.45, 7) is 9.57. The quantitative estimate of drug-likeness (QED) is 0.634. The van der Waals surface area contributed by atoms with Crippen LogP contribution in [0.3, 0.4) is 0 Å². The molecular formula is C23H33N3O3. The largest absolute Gasteiger partial charge is 0.466 e. The maximum absolute atomic E-state index is 12.9. The second-order valence-electron chi connectivity index (χ2n) is 8.09. The Kier molecular flexibility index (Phi) is 7.09. The van der Waals surface area contributed by atoms with Crippen LogP contribution in [0.1, 0.15) is 42.9 Å². The molecule has 0 spiro atoms. The topological polar surface area (TPSA) is 56.6 Å². The minimum atomic E-state index is -0.491. The number of esters is 1. The number of piperidine rings is 1. The highest BCUT2D eigenvalue weighted by atomic mass is 16.5. The van der Waals surface area contributed by atoms with Crippen LogP contribution in [0.2, 0.25) is 0 Å². The van der Waals surface area contributed by atoms with Crippen molar-refractivity contribution in [3.63, 3.8) is 0 Å². The van der Waals surface area contributed by atoms with Crippen molar-refractivity contribution in [2.75, 3.05) is 33.4 Å². The first kappa shape index (κ1) is 21.5. The zero-order valence-corrected chi connectivity index (χ0v) is 18.1. The van der Waals surface area contributed by atoms with Crippen LogP contribution >= 0.6 is 0 Å². The van der Waals surface area contributed by atoms with Crippen molar-refractivity contribution in [2.24, 2.45) is 5.41 Å². The number of rotatable bonds is 8. The molecule has 29 heavy (non-hydrogen) atoms. The Morgan fingerprint density at radius 2 is 2.14 bits per heavy atom. The number of aromatic nitrogens is 2. The van der Waals surface area contributed by atoms with Crippen LogP contribution in [-0.2, 0) is 20.8 Å². The van der Waals surface area contributed by atoms with Crippen molar-refractivity contribution in [1.29, 1.82) is 0 Å². The third-order valence-electron chi connectivity index (χ3n) is 5.88. The van der Waals surface area contributed by atoms with Gasteiger partial charge in [-0.05, 0) is 75.4 Å². The zero-order chi connectivity index (χ0) is 20.9. The van der Waals surface area contributed by atoms with E-state index in [0.717, 1.165) is 31.6 Å². The highest BCUT2D eigenvalue weighted by Gasteiger charge is 2.43. The molecule has 158 valence electrons. The molecule has 0 amide bonds. The van der Waals surface area contributed by atoms with Gasteiger partial charge in [0.1, 0.15) is 0 Å². The van der Waals surface area contributed by atoms with Crippen molar-refractivity contribution < 1.29 is 14.3 Å². The van der Waals surface area contributed by atoms with E-state index in [1.165, 1.54) is 16.7 Å². The molecule has 0 saturated carbocycles. The van der Waals surface area contributed by atoms with Crippen LogP contribution in [-0.4, -0.2) is 54.1 Å². The van der Waals surface area contributed by atoms with Gasteiger partial charge in [0.15, 0.2) is 0 Å². The number of hydrogen-bond donors (Lipinski definition) is 0. The van der Waals surface area contributed by atoms with Crippen LogP contribution < -0.4 is 0 Å². The van der Waals surface area contributed by atoms with E-state index in [-0.39, 0.29) is 5.97 Å². The van der Waals surface area contributed by atoms with Gasteiger partial charge in [-0.25, -0.2) is 4.68 Å². The summed E-state index contributed by atoms with van der Waals surface area (Å²) in [5.74, 6) is -0.0883. The Morgan fingerprint density at radius 1 is 1.31 bits per heavy atom. The van der Waals surface area contributed by atoms with Gasteiger partial charge >= 0.3 is 5.97 Å². The molecule has 0 aliphatic carbocycles. The third-order valence-corrected chi connectivity index (χ3v) is 5.88. The predicted molar refractivity (Wildman–Crippen MR) is 113 cm³/mol. The molecule has 1 fully saturated rings. The summed E-state index contributed by atoms with van der Waals surface area (Å²) in [5, 5.41) is 4.45. The molecule has 1 aromatic heterocycles. The molecule has 6 heteroatoms. The number of carbonyl (C=O) groups excluding carboxylic acids is 1. The number of carbonyl (C=O) groups is 1. The fourth-order valence-corrected chi connectivity index (χ4v) is 4.44. The van der Waals surface area contributed by atoms with E-state index in [1.54, 1.807) is 13.3 Å². The molecular weight excluding hydrogens is 366 g/mol. The number of ether oxygens (including phenoxy) is 2. The maximum Gasteiger partial charge on any atom is 0.313 e. The summed E-state index contributed by atoms with van der Waals surface area (Å²) < 4.78 is 12.7. The fourth-order valence-electron chi connectivity index (χ4n) is 4.44. The lowest BCUT2D eigenvalue weighted by Crippen LogP contribution is -2.49. The average Bonchev–Trinajstić information content (AvgIpc) is 3.23. The average molecular weight is 400 g/mol. The van der Waals surface area contributed by atoms with Crippen molar-refractivity contribution in [2.45, 2.75) is 46.6 Å². The highest BCUT2D eigenvalue weighted by Crippen LogP contribution is 2.36. The number of nitrogens with zero attached hydrogens (tertiary/aromatic N) is 3. The van der Waals surface area contributed by atoms with Gasteiger partial charge in [0.25, 0.3) is 0 Å². The molecule has 6 nitrogen and oxygen atoms in total. The Balaban J connectivity index is 1.87. The van der Waals surface area contributed by atoms with Crippen LogP contribution in [0, 0.1) is 19.3 Å². The lowest BCUT2D eigenvalue weighted by Gasteiger charge is -2.41. The standard InChI is InChI=1S/C23H33N3O3/c1-5-29-22(27)23(9-13-28-4)8-6-11-25(17-23)16-20-19(3)14-18(2)15-21(20)26-12-7-10-24-26/h7,10,12,14-15H,5-6,8-9,11,13,16-17H2,1-4H3/t23-/m1/s1. The molecule has 2 heterocycles. The number of benzene rings is 1. The van der Waals surface area contributed by atoms with E-state index < -0.39 is 5.41 Å². The third kappa shape index (κ3) is 4.87. The van der Waals surface area contributed by atoms with Crippen molar-refractivity contribution in [3.05, 3.63) is 47.3 Å². The number of methoxy groups -OCH3 is 1. The van der Waals surface area contributed by atoms with Crippen molar-refractivity contribution >= 4 is 5.97 Å². The Bertz CT molecular complexity index is 819. The zero-order valence-electron chi connectivity index (χ0n) is 18.1. The Morgan fingerprint density at radius 3 is 2.83 bits per heavy atom. The van der Waals surface area contributed by atoms with Crippen LogP contribution in [0.25, 0.3) is 5.69 Å². The smallest absolute Gasteiger partial charge is 0.313 e. The van der Waals surface area contributed by atoms with Gasteiger partial charge in [-0.15, -0.1) is 0 Å². The Hall–Kier alpha value is -2.18. The second kappa shape index (κ2) is 9.55. The van der Waals surface area contributed by atoms with E-state index in [9.17, 15) is 4.79 Å². The van der Waals surface area contributed by atoms with E-state index in [2.05, 4.69) is 36.0 Å². The van der Waals surface area contributed by atoms with Gasteiger partial charge in [-0.1, -0.05) is 6.07 Å². The number of likely N-dealkylation sites (tertiary alicyclic amines) is 1. The lowest BCUT2D eigenvalue weighted by atomic mass is 9.77. The molecule has 0 N–H and O–H groups in total.